The van der Waals surface area contributed by atoms with Crippen molar-refractivity contribution >= 4 is 40.1 Å². The van der Waals surface area contributed by atoms with Gasteiger partial charge in [0.05, 0.1) is 6.20 Å². The molecule has 0 bridgehead atoms. The zero-order valence-electron chi connectivity index (χ0n) is 7.36. The van der Waals surface area contributed by atoms with Crippen LogP contribution in [0.25, 0.3) is 5.78 Å². The second-order valence-corrected chi connectivity index (χ2v) is 4.03. The molecule has 0 aliphatic carbocycles. The van der Waals surface area contributed by atoms with Gasteiger partial charge in [0.2, 0.25) is 11.7 Å². The zero-order chi connectivity index (χ0) is 10.1. The summed E-state index contributed by atoms with van der Waals surface area (Å²) >= 11 is 2.16. The summed E-state index contributed by atoms with van der Waals surface area (Å²) in [5.74, 6) is 0.962. The number of halogens is 1. The lowest BCUT2D eigenvalue weighted by molar-refractivity contribution is -0.114. The number of hydrogen-bond acceptors (Lipinski definition) is 3. The molecule has 1 N–H and O–H groups in total. The van der Waals surface area contributed by atoms with Gasteiger partial charge in [-0.2, -0.15) is 4.98 Å². The van der Waals surface area contributed by atoms with Gasteiger partial charge in [-0.1, -0.05) is 0 Å². The number of aromatic nitrogens is 3. The highest BCUT2D eigenvalue weighted by Crippen LogP contribution is 2.09. The average molecular weight is 302 g/mol. The molecule has 0 fully saturated rings. The fourth-order valence-corrected chi connectivity index (χ4v) is 1.54. The lowest BCUT2D eigenvalue weighted by Gasteiger charge is -1.91. The van der Waals surface area contributed by atoms with Crippen LogP contribution in [0.3, 0.4) is 0 Å². The van der Waals surface area contributed by atoms with Crippen LogP contribution in [-0.2, 0) is 4.79 Å². The Kier molecular flexibility index (Phi) is 2.36. The third-order valence-corrected chi connectivity index (χ3v) is 2.14. The number of imidazole rings is 1. The second-order valence-electron chi connectivity index (χ2n) is 2.79. The summed E-state index contributed by atoms with van der Waals surface area (Å²) in [7, 11) is 0. The highest BCUT2D eigenvalue weighted by Gasteiger charge is 2.03. The Morgan fingerprint density at radius 1 is 1.57 bits per heavy atom. The molecule has 0 atom stereocenters. The van der Waals surface area contributed by atoms with E-state index in [1.165, 1.54) is 6.92 Å². The number of carbonyl (C=O) groups excluding carboxylic acids is 1. The van der Waals surface area contributed by atoms with E-state index in [9.17, 15) is 4.79 Å². The van der Waals surface area contributed by atoms with Crippen molar-refractivity contribution in [1.82, 2.24) is 14.4 Å². The summed E-state index contributed by atoms with van der Waals surface area (Å²) in [6.07, 6.45) is 5.34. The molecule has 14 heavy (non-hydrogen) atoms. The summed E-state index contributed by atoms with van der Waals surface area (Å²) in [6, 6.07) is 0. The Morgan fingerprint density at radius 3 is 3.07 bits per heavy atom. The molecule has 2 heterocycles. The first kappa shape index (κ1) is 9.38. The Morgan fingerprint density at radius 2 is 2.36 bits per heavy atom. The Balaban J connectivity index is 2.46. The van der Waals surface area contributed by atoms with Crippen LogP contribution in [0.4, 0.5) is 5.82 Å². The standard InChI is InChI=1S/C8H7IN4O/c1-5(14)11-7-4-13-3-6(9)2-10-8(13)12-7/h2-4H,1H3,(H,11,14). The number of fused-ring (bicyclic) bond motifs is 1. The van der Waals surface area contributed by atoms with E-state index in [1.807, 2.05) is 6.20 Å². The van der Waals surface area contributed by atoms with Crippen LogP contribution in [0.2, 0.25) is 0 Å². The summed E-state index contributed by atoms with van der Waals surface area (Å²) in [5.41, 5.74) is 0. The first-order chi connectivity index (χ1) is 6.65. The number of amides is 1. The monoisotopic (exact) mass is 302 g/mol. The molecular formula is C8H7IN4O. The highest BCUT2D eigenvalue weighted by atomic mass is 127. The molecule has 0 spiro atoms. The summed E-state index contributed by atoms with van der Waals surface area (Å²) < 4.78 is 2.79. The van der Waals surface area contributed by atoms with Gasteiger partial charge in [-0.3, -0.25) is 9.20 Å². The van der Waals surface area contributed by atoms with Crippen LogP contribution < -0.4 is 5.32 Å². The Labute approximate surface area is 93.7 Å². The van der Waals surface area contributed by atoms with E-state index in [0.717, 1.165) is 3.57 Å². The number of hydrogen-bond donors (Lipinski definition) is 1. The van der Waals surface area contributed by atoms with Gasteiger partial charge in [-0.15, -0.1) is 0 Å². The number of carbonyl (C=O) groups is 1. The zero-order valence-corrected chi connectivity index (χ0v) is 9.52. The molecule has 72 valence electrons. The summed E-state index contributed by atoms with van der Waals surface area (Å²) in [6.45, 7) is 1.45. The molecule has 2 aromatic heterocycles. The minimum absolute atomic E-state index is 0.136. The maximum absolute atomic E-state index is 10.8. The molecule has 0 aliphatic rings. The van der Waals surface area contributed by atoms with Crippen molar-refractivity contribution in [3.63, 3.8) is 0 Å². The topological polar surface area (TPSA) is 59.3 Å². The van der Waals surface area contributed by atoms with E-state index in [1.54, 1.807) is 16.8 Å². The van der Waals surface area contributed by atoms with E-state index in [0.29, 0.717) is 11.6 Å². The third kappa shape index (κ3) is 1.84. The van der Waals surface area contributed by atoms with Crippen molar-refractivity contribution in [2.45, 2.75) is 6.92 Å². The van der Waals surface area contributed by atoms with Crippen LogP contribution >= 0.6 is 22.6 Å². The average Bonchev–Trinajstić information content (AvgIpc) is 2.44. The summed E-state index contributed by atoms with van der Waals surface area (Å²) in [5, 5.41) is 2.60. The van der Waals surface area contributed by atoms with Crippen LogP contribution in [-0.4, -0.2) is 20.3 Å². The molecule has 0 unspecified atom stereocenters. The van der Waals surface area contributed by atoms with Gasteiger partial charge < -0.3 is 5.32 Å². The van der Waals surface area contributed by atoms with E-state index < -0.39 is 0 Å². The minimum Gasteiger partial charge on any atom is -0.310 e. The molecule has 1 amide bonds. The second kappa shape index (κ2) is 3.52. The van der Waals surface area contributed by atoms with Gasteiger partial charge in [0, 0.05) is 22.9 Å². The van der Waals surface area contributed by atoms with Gasteiger partial charge in [0.25, 0.3) is 0 Å². The maximum atomic E-state index is 10.8. The Bertz CT molecular complexity index is 493. The van der Waals surface area contributed by atoms with E-state index in [4.69, 9.17) is 0 Å². The van der Waals surface area contributed by atoms with E-state index in [2.05, 4.69) is 37.9 Å². The number of nitrogens with one attached hydrogen (secondary N) is 1. The summed E-state index contributed by atoms with van der Waals surface area (Å²) in [4.78, 5) is 19.0. The van der Waals surface area contributed by atoms with Gasteiger partial charge in [0.15, 0.2) is 5.82 Å². The molecular weight excluding hydrogens is 295 g/mol. The van der Waals surface area contributed by atoms with Crippen molar-refractivity contribution < 1.29 is 4.79 Å². The molecule has 0 aromatic carbocycles. The van der Waals surface area contributed by atoms with Crippen molar-refractivity contribution in [3.8, 4) is 0 Å². The molecule has 0 radical (unpaired) electrons. The fourth-order valence-electron chi connectivity index (χ4n) is 1.10. The predicted octanol–water partition coefficient (Wildman–Crippen LogP) is 1.29. The van der Waals surface area contributed by atoms with Crippen molar-refractivity contribution in [2.24, 2.45) is 0 Å². The molecule has 5 nitrogen and oxygen atoms in total. The smallest absolute Gasteiger partial charge is 0.235 e. The van der Waals surface area contributed by atoms with Crippen molar-refractivity contribution in [1.29, 1.82) is 0 Å². The quantitative estimate of drug-likeness (QED) is 0.808. The molecule has 2 aromatic rings. The predicted molar refractivity (Wildman–Crippen MR) is 60.0 cm³/mol. The largest absolute Gasteiger partial charge is 0.310 e. The van der Waals surface area contributed by atoms with Crippen LogP contribution in [0.1, 0.15) is 6.92 Å². The number of rotatable bonds is 1. The van der Waals surface area contributed by atoms with Crippen molar-refractivity contribution in [3.05, 3.63) is 22.2 Å². The molecule has 0 saturated carbocycles. The Hall–Kier alpha value is -1.18. The SMILES string of the molecule is CC(=O)Nc1cn2cc(I)cnc2n1. The number of nitrogens with zero attached hydrogens (tertiary/aromatic N) is 3. The third-order valence-electron chi connectivity index (χ3n) is 1.58. The minimum atomic E-state index is -0.136. The lowest BCUT2D eigenvalue weighted by Crippen LogP contribution is -2.05. The lowest BCUT2D eigenvalue weighted by atomic mass is 10.6. The van der Waals surface area contributed by atoms with Crippen molar-refractivity contribution in [2.75, 3.05) is 5.32 Å². The normalized spacial score (nSPS) is 10.4. The first-order valence-corrected chi connectivity index (χ1v) is 5.01. The molecule has 6 heteroatoms. The molecule has 0 saturated heterocycles. The molecule has 2 rings (SSSR count). The number of anilines is 1. The van der Waals surface area contributed by atoms with Gasteiger partial charge in [0.1, 0.15) is 0 Å². The maximum Gasteiger partial charge on any atom is 0.235 e. The van der Waals surface area contributed by atoms with Crippen LogP contribution in [0, 0.1) is 3.57 Å². The fraction of sp³-hybridized carbons (Fsp3) is 0.125. The first-order valence-electron chi connectivity index (χ1n) is 3.93. The highest BCUT2D eigenvalue weighted by molar-refractivity contribution is 14.1. The van der Waals surface area contributed by atoms with E-state index in [-0.39, 0.29) is 5.91 Å². The van der Waals surface area contributed by atoms with Gasteiger partial charge in [-0.05, 0) is 22.6 Å². The van der Waals surface area contributed by atoms with Gasteiger partial charge >= 0.3 is 0 Å². The molecule has 0 aliphatic heterocycles. The van der Waals surface area contributed by atoms with Gasteiger partial charge in [-0.25, -0.2) is 4.98 Å². The van der Waals surface area contributed by atoms with Crippen LogP contribution in [0.15, 0.2) is 18.6 Å². The van der Waals surface area contributed by atoms with E-state index >= 15 is 0 Å². The van der Waals surface area contributed by atoms with Crippen LogP contribution in [0.5, 0.6) is 0 Å².